The monoisotopic (exact) mass is 331 g/mol. The maximum absolute atomic E-state index is 12.0. The van der Waals surface area contributed by atoms with Crippen LogP contribution in [0.4, 0.5) is 5.69 Å². The minimum absolute atomic E-state index is 0.189. The highest BCUT2D eigenvalue weighted by Crippen LogP contribution is 2.27. The first-order valence-electron chi connectivity index (χ1n) is 7.27. The van der Waals surface area contributed by atoms with Gasteiger partial charge in [0.25, 0.3) is 5.91 Å². The fraction of sp³-hybridized carbons (Fsp3) is 0. The van der Waals surface area contributed by atoms with Crippen molar-refractivity contribution in [1.29, 1.82) is 5.26 Å². The first-order chi connectivity index (χ1) is 11.8. The average molecular weight is 331 g/mol. The molecule has 0 saturated carbocycles. The van der Waals surface area contributed by atoms with Gasteiger partial charge in [-0.2, -0.15) is 5.26 Å². The Morgan fingerprint density at radius 1 is 1.08 bits per heavy atom. The molecule has 1 N–H and O–H groups in total. The number of aliphatic imine (C=N–C) groups is 1. The van der Waals surface area contributed by atoms with Crippen molar-refractivity contribution in [2.45, 2.75) is 0 Å². The quantitative estimate of drug-likeness (QED) is 0.864. The number of rotatable bonds is 3. The van der Waals surface area contributed by atoms with Gasteiger partial charge in [-0.3, -0.25) is 4.79 Å². The molecule has 0 aliphatic carbocycles. The van der Waals surface area contributed by atoms with Crippen molar-refractivity contribution >= 4 is 34.6 Å². The number of nitrogens with one attached hydrogen (secondary N) is 1. The number of benzene rings is 2. The van der Waals surface area contributed by atoms with Gasteiger partial charge in [0, 0.05) is 0 Å². The van der Waals surface area contributed by atoms with E-state index in [9.17, 15) is 4.79 Å². The van der Waals surface area contributed by atoms with Gasteiger partial charge in [-0.25, -0.2) is 4.99 Å². The van der Waals surface area contributed by atoms with Crippen LogP contribution in [0.5, 0.6) is 0 Å². The molecule has 4 nitrogen and oxygen atoms in total. The zero-order chi connectivity index (χ0) is 16.8. The molecule has 116 valence electrons. The Morgan fingerprint density at radius 2 is 1.83 bits per heavy atom. The summed E-state index contributed by atoms with van der Waals surface area (Å²) in [6, 6.07) is 19.0. The third kappa shape index (κ3) is 3.80. The molecule has 1 saturated heterocycles. The van der Waals surface area contributed by atoms with Crippen LogP contribution in [-0.2, 0) is 4.79 Å². The molecule has 2 aromatic carbocycles. The van der Waals surface area contributed by atoms with Gasteiger partial charge in [-0.15, -0.1) is 0 Å². The Kier molecular flexibility index (Phi) is 4.90. The fourth-order valence-corrected chi connectivity index (χ4v) is 2.87. The highest BCUT2D eigenvalue weighted by atomic mass is 32.2. The van der Waals surface area contributed by atoms with Gasteiger partial charge < -0.3 is 5.32 Å². The molecular weight excluding hydrogens is 318 g/mol. The highest BCUT2D eigenvalue weighted by Gasteiger charge is 2.23. The van der Waals surface area contributed by atoms with Crippen molar-refractivity contribution in [3.05, 3.63) is 82.8 Å². The third-order valence-electron chi connectivity index (χ3n) is 3.23. The van der Waals surface area contributed by atoms with E-state index in [-0.39, 0.29) is 5.91 Å². The van der Waals surface area contributed by atoms with Crippen LogP contribution in [0.3, 0.4) is 0 Å². The Hall–Kier alpha value is -3.10. The van der Waals surface area contributed by atoms with E-state index < -0.39 is 0 Å². The molecule has 0 unspecified atom stereocenters. The normalized spacial score (nSPS) is 17.4. The van der Waals surface area contributed by atoms with E-state index in [1.807, 2.05) is 42.5 Å². The number of thioether (sulfide) groups is 1. The van der Waals surface area contributed by atoms with Gasteiger partial charge in [-0.1, -0.05) is 54.6 Å². The lowest BCUT2D eigenvalue weighted by molar-refractivity contribution is -0.115. The van der Waals surface area contributed by atoms with Crippen LogP contribution in [0, 0.1) is 11.3 Å². The summed E-state index contributed by atoms with van der Waals surface area (Å²) in [5.41, 5.74) is 2.08. The van der Waals surface area contributed by atoms with Crippen molar-refractivity contribution in [3.63, 3.8) is 0 Å². The van der Waals surface area contributed by atoms with E-state index in [0.29, 0.717) is 21.3 Å². The van der Waals surface area contributed by atoms with Gasteiger partial charge in [0.15, 0.2) is 5.17 Å². The topological polar surface area (TPSA) is 65.2 Å². The lowest BCUT2D eigenvalue weighted by atomic mass is 10.2. The Labute approximate surface area is 144 Å². The summed E-state index contributed by atoms with van der Waals surface area (Å²) in [6.45, 7) is 0. The van der Waals surface area contributed by atoms with E-state index >= 15 is 0 Å². The maximum Gasteiger partial charge on any atom is 0.264 e. The summed E-state index contributed by atoms with van der Waals surface area (Å²) in [5.74, 6) is -0.189. The summed E-state index contributed by atoms with van der Waals surface area (Å²) in [5, 5.41) is 12.3. The Bertz CT molecular complexity index is 892. The van der Waals surface area contributed by atoms with Crippen LogP contribution in [0.25, 0.3) is 6.08 Å². The third-order valence-corrected chi connectivity index (χ3v) is 4.16. The minimum atomic E-state index is -0.189. The van der Waals surface area contributed by atoms with Crippen LogP contribution >= 0.6 is 11.8 Å². The van der Waals surface area contributed by atoms with E-state index in [2.05, 4.69) is 16.4 Å². The molecule has 24 heavy (non-hydrogen) atoms. The molecular formula is C19H13N3OS. The largest absolute Gasteiger partial charge is 0.300 e. The fourth-order valence-electron chi connectivity index (χ4n) is 2.08. The first kappa shape index (κ1) is 15.8. The van der Waals surface area contributed by atoms with Crippen LogP contribution in [0.15, 0.2) is 76.6 Å². The molecule has 1 aliphatic rings. The molecule has 0 atom stereocenters. The predicted octanol–water partition coefficient (Wildman–Crippen LogP) is 4.01. The number of hydrogen-bond donors (Lipinski definition) is 1. The maximum atomic E-state index is 12.0. The standard InChI is InChI=1S/C19H13N3OS/c20-13-15-10-4-5-11-16(15)21-19-22-18(23)17(24-19)12-6-9-14-7-2-1-3-8-14/h1-12H,(H,21,22,23)/b9-6-,17-12-. The SMILES string of the molecule is N#Cc1ccccc1N=C1NC(=O)/C(=C/C=C\c2ccccc2)S1. The van der Waals surface area contributed by atoms with Gasteiger partial charge in [0.1, 0.15) is 6.07 Å². The predicted molar refractivity (Wildman–Crippen MR) is 97.5 cm³/mol. The second kappa shape index (κ2) is 7.44. The van der Waals surface area contributed by atoms with Gasteiger partial charge >= 0.3 is 0 Å². The number of amides is 1. The van der Waals surface area contributed by atoms with Gasteiger partial charge in [0.2, 0.25) is 0 Å². The number of carbonyl (C=O) groups excluding carboxylic acids is 1. The van der Waals surface area contributed by atoms with Crippen molar-refractivity contribution in [2.24, 2.45) is 4.99 Å². The molecule has 1 fully saturated rings. The molecule has 3 rings (SSSR count). The molecule has 2 aromatic rings. The number of allylic oxidation sites excluding steroid dienone is 2. The summed E-state index contributed by atoms with van der Waals surface area (Å²) < 4.78 is 0. The van der Waals surface area contributed by atoms with Crippen molar-refractivity contribution in [2.75, 3.05) is 0 Å². The molecule has 0 aromatic heterocycles. The second-order valence-electron chi connectivity index (χ2n) is 4.90. The van der Waals surface area contributed by atoms with E-state index in [0.717, 1.165) is 5.56 Å². The first-order valence-corrected chi connectivity index (χ1v) is 8.08. The Balaban J connectivity index is 1.76. The number of para-hydroxylation sites is 1. The lowest BCUT2D eigenvalue weighted by Crippen LogP contribution is -2.19. The average Bonchev–Trinajstić information content (AvgIpc) is 2.96. The summed E-state index contributed by atoms with van der Waals surface area (Å²) >= 11 is 1.26. The van der Waals surface area contributed by atoms with Gasteiger partial charge in [0.05, 0.1) is 16.2 Å². The van der Waals surface area contributed by atoms with E-state index in [1.165, 1.54) is 11.8 Å². The zero-order valence-corrected chi connectivity index (χ0v) is 13.5. The molecule has 1 heterocycles. The van der Waals surface area contributed by atoms with Crippen LogP contribution in [0.1, 0.15) is 11.1 Å². The van der Waals surface area contributed by atoms with Crippen molar-refractivity contribution in [1.82, 2.24) is 5.32 Å². The van der Waals surface area contributed by atoms with Crippen LogP contribution in [0.2, 0.25) is 0 Å². The molecule has 1 amide bonds. The number of nitrogens with zero attached hydrogens (tertiary/aromatic N) is 2. The number of carbonyl (C=O) groups is 1. The molecule has 0 radical (unpaired) electrons. The van der Waals surface area contributed by atoms with E-state index in [4.69, 9.17) is 5.26 Å². The molecule has 1 aliphatic heterocycles. The minimum Gasteiger partial charge on any atom is -0.300 e. The number of amidine groups is 1. The van der Waals surface area contributed by atoms with Crippen LogP contribution in [-0.4, -0.2) is 11.1 Å². The molecule has 0 spiro atoms. The molecule has 5 heteroatoms. The highest BCUT2D eigenvalue weighted by molar-refractivity contribution is 8.18. The summed E-state index contributed by atoms with van der Waals surface area (Å²) in [4.78, 5) is 16.9. The smallest absolute Gasteiger partial charge is 0.264 e. The lowest BCUT2D eigenvalue weighted by Gasteiger charge is -1.98. The van der Waals surface area contributed by atoms with Gasteiger partial charge in [-0.05, 0) is 35.5 Å². The summed E-state index contributed by atoms with van der Waals surface area (Å²) in [6.07, 6.45) is 5.52. The Morgan fingerprint density at radius 3 is 2.62 bits per heavy atom. The van der Waals surface area contributed by atoms with Crippen molar-refractivity contribution < 1.29 is 4.79 Å². The van der Waals surface area contributed by atoms with E-state index in [1.54, 1.807) is 30.3 Å². The second-order valence-corrected chi connectivity index (χ2v) is 5.93. The molecule has 0 bridgehead atoms. The van der Waals surface area contributed by atoms with Crippen LogP contribution < -0.4 is 5.32 Å². The van der Waals surface area contributed by atoms with Crippen molar-refractivity contribution in [3.8, 4) is 6.07 Å². The zero-order valence-electron chi connectivity index (χ0n) is 12.6. The number of hydrogen-bond acceptors (Lipinski definition) is 4. The summed E-state index contributed by atoms with van der Waals surface area (Å²) in [7, 11) is 0. The number of nitriles is 1.